The summed E-state index contributed by atoms with van der Waals surface area (Å²) in [6, 6.07) is 7.93. The summed E-state index contributed by atoms with van der Waals surface area (Å²) in [6.07, 6.45) is 1.63. The number of nitrogens with zero attached hydrogens (tertiary/aromatic N) is 1. The van der Waals surface area contributed by atoms with Crippen molar-refractivity contribution in [2.45, 2.75) is 45.3 Å². The average Bonchev–Trinajstić information content (AvgIpc) is 2.37. The summed E-state index contributed by atoms with van der Waals surface area (Å²) in [5.41, 5.74) is 7.37. The van der Waals surface area contributed by atoms with Crippen molar-refractivity contribution in [1.82, 2.24) is 5.32 Å². The summed E-state index contributed by atoms with van der Waals surface area (Å²) in [5, 5.41) is 2.95. The Morgan fingerprint density at radius 3 is 2.76 bits per heavy atom. The van der Waals surface area contributed by atoms with Gasteiger partial charge in [0.25, 0.3) is 0 Å². The Hall–Kier alpha value is -1.91. The van der Waals surface area contributed by atoms with Crippen LogP contribution in [0.15, 0.2) is 24.3 Å². The average molecular weight is 291 g/mol. The Bertz CT molecular complexity index is 497. The van der Waals surface area contributed by atoms with Crippen molar-refractivity contribution in [1.29, 1.82) is 0 Å². The molecule has 0 aromatic heterocycles. The van der Waals surface area contributed by atoms with Crippen LogP contribution >= 0.6 is 0 Å². The second-order valence-electron chi connectivity index (χ2n) is 6.49. The van der Waals surface area contributed by atoms with Crippen molar-refractivity contribution < 1.29 is 9.53 Å². The molecule has 1 fully saturated rings. The molecule has 1 amide bonds. The van der Waals surface area contributed by atoms with E-state index in [1.807, 2.05) is 45.0 Å². The number of rotatable bonds is 2. The minimum atomic E-state index is -0.470. The molecule has 0 spiro atoms. The third-order valence-electron chi connectivity index (χ3n) is 3.42. The number of nitrogens with one attached hydrogen (secondary N) is 1. The predicted octanol–water partition coefficient (Wildman–Crippen LogP) is 2.76. The second-order valence-corrected chi connectivity index (χ2v) is 6.49. The van der Waals surface area contributed by atoms with Gasteiger partial charge < -0.3 is 20.7 Å². The van der Waals surface area contributed by atoms with Crippen LogP contribution in [0.5, 0.6) is 0 Å². The molecule has 0 radical (unpaired) electrons. The van der Waals surface area contributed by atoms with E-state index >= 15 is 0 Å². The molecule has 5 heteroatoms. The molecular formula is C16H25N3O2. The maximum Gasteiger partial charge on any atom is 0.407 e. The number of alkyl carbamates (subject to hydrolysis) is 1. The molecule has 1 aromatic rings. The molecule has 2 rings (SSSR count). The number of ether oxygens (including phenoxy) is 1. The highest BCUT2D eigenvalue weighted by Gasteiger charge is 2.24. The summed E-state index contributed by atoms with van der Waals surface area (Å²) in [6.45, 7) is 7.31. The van der Waals surface area contributed by atoms with Crippen LogP contribution in [-0.2, 0) is 4.74 Å². The van der Waals surface area contributed by atoms with Gasteiger partial charge in [-0.1, -0.05) is 12.1 Å². The minimum absolute atomic E-state index is 0.0909. The number of carbonyl (C=O) groups excluding carboxylic acids is 1. The van der Waals surface area contributed by atoms with Crippen LogP contribution in [0.4, 0.5) is 16.2 Å². The molecule has 5 nitrogen and oxygen atoms in total. The van der Waals surface area contributed by atoms with Crippen molar-refractivity contribution in [3.8, 4) is 0 Å². The van der Waals surface area contributed by atoms with E-state index in [4.69, 9.17) is 10.5 Å². The molecule has 1 aliphatic heterocycles. The molecule has 1 saturated heterocycles. The number of carbonyl (C=O) groups is 1. The topological polar surface area (TPSA) is 67.6 Å². The van der Waals surface area contributed by atoms with Crippen LogP contribution in [0.3, 0.4) is 0 Å². The standard InChI is InChI=1S/C16H25N3O2/c1-16(2,3)21-15(20)18-12-7-6-10-19(11-12)14-9-5-4-8-13(14)17/h4-5,8-9,12H,6-7,10-11,17H2,1-3H3,(H,18,20). The van der Waals surface area contributed by atoms with E-state index in [2.05, 4.69) is 10.2 Å². The maximum atomic E-state index is 11.9. The Balaban J connectivity index is 1.95. The highest BCUT2D eigenvalue weighted by molar-refractivity contribution is 5.69. The lowest BCUT2D eigenvalue weighted by molar-refractivity contribution is 0.0500. The summed E-state index contributed by atoms with van der Waals surface area (Å²) in [4.78, 5) is 14.1. The SMILES string of the molecule is CC(C)(C)OC(=O)NC1CCCN(c2ccccc2N)C1. The van der Waals surface area contributed by atoms with Gasteiger partial charge in [0.15, 0.2) is 0 Å². The molecule has 0 bridgehead atoms. The Morgan fingerprint density at radius 2 is 2.10 bits per heavy atom. The van der Waals surface area contributed by atoms with Crippen LogP contribution in [0.1, 0.15) is 33.6 Å². The number of nitrogen functional groups attached to an aromatic ring is 1. The monoisotopic (exact) mass is 291 g/mol. The first-order valence-corrected chi connectivity index (χ1v) is 7.44. The van der Waals surface area contributed by atoms with Crippen LogP contribution < -0.4 is 16.0 Å². The molecule has 0 saturated carbocycles. The van der Waals surface area contributed by atoms with E-state index in [0.29, 0.717) is 0 Å². The van der Waals surface area contributed by atoms with Crippen molar-refractivity contribution in [3.05, 3.63) is 24.3 Å². The lowest BCUT2D eigenvalue weighted by atomic mass is 10.0. The first kappa shape index (κ1) is 15.5. The van der Waals surface area contributed by atoms with Gasteiger partial charge in [-0.15, -0.1) is 0 Å². The molecule has 1 aromatic carbocycles. The number of amides is 1. The zero-order valence-corrected chi connectivity index (χ0v) is 13.1. The van der Waals surface area contributed by atoms with Crippen molar-refractivity contribution in [2.24, 2.45) is 0 Å². The van der Waals surface area contributed by atoms with E-state index in [1.54, 1.807) is 0 Å². The number of para-hydroxylation sites is 2. The van der Waals surface area contributed by atoms with Crippen molar-refractivity contribution >= 4 is 17.5 Å². The van der Waals surface area contributed by atoms with E-state index in [0.717, 1.165) is 37.3 Å². The number of benzene rings is 1. The van der Waals surface area contributed by atoms with Crippen molar-refractivity contribution in [3.63, 3.8) is 0 Å². The molecule has 1 aliphatic rings. The highest BCUT2D eigenvalue weighted by Crippen LogP contribution is 2.25. The third-order valence-corrected chi connectivity index (χ3v) is 3.42. The van der Waals surface area contributed by atoms with Gasteiger partial charge in [0, 0.05) is 19.1 Å². The smallest absolute Gasteiger partial charge is 0.407 e. The number of hydrogen-bond donors (Lipinski definition) is 2. The van der Waals surface area contributed by atoms with Gasteiger partial charge in [-0.05, 0) is 45.7 Å². The Morgan fingerprint density at radius 1 is 1.38 bits per heavy atom. The van der Waals surface area contributed by atoms with E-state index in [1.165, 1.54) is 0 Å². The highest BCUT2D eigenvalue weighted by atomic mass is 16.6. The van der Waals surface area contributed by atoms with Gasteiger partial charge in [-0.2, -0.15) is 0 Å². The van der Waals surface area contributed by atoms with Gasteiger partial charge in [0.05, 0.1) is 11.4 Å². The van der Waals surface area contributed by atoms with Crippen LogP contribution in [0, 0.1) is 0 Å². The molecule has 0 aliphatic carbocycles. The molecule has 1 atom stereocenters. The summed E-state index contributed by atoms with van der Waals surface area (Å²) >= 11 is 0. The normalized spacial score (nSPS) is 19.2. The van der Waals surface area contributed by atoms with Crippen molar-refractivity contribution in [2.75, 3.05) is 23.7 Å². The second kappa shape index (κ2) is 6.24. The molecule has 3 N–H and O–H groups in total. The lowest BCUT2D eigenvalue weighted by Gasteiger charge is -2.35. The maximum absolute atomic E-state index is 11.9. The first-order valence-electron chi connectivity index (χ1n) is 7.44. The number of nitrogens with two attached hydrogens (primary N) is 1. The van der Waals surface area contributed by atoms with Gasteiger partial charge in [-0.25, -0.2) is 4.79 Å². The van der Waals surface area contributed by atoms with Crippen LogP contribution in [-0.4, -0.2) is 30.8 Å². The number of anilines is 2. The van der Waals surface area contributed by atoms with E-state index in [-0.39, 0.29) is 12.1 Å². The van der Waals surface area contributed by atoms with E-state index in [9.17, 15) is 4.79 Å². The summed E-state index contributed by atoms with van der Waals surface area (Å²) in [5.74, 6) is 0. The van der Waals surface area contributed by atoms with Gasteiger partial charge in [0.2, 0.25) is 0 Å². The molecule has 1 unspecified atom stereocenters. The van der Waals surface area contributed by atoms with Gasteiger partial charge in [0.1, 0.15) is 5.60 Å². The molecule has 116 valence electrons. The largest absolute Gasteiger partial charge is 0.444 e. The molecule has 1 heterocycles. The number of piperidine rings is 1. The quantitative estimate of drug-likeness (QED) is 0.822. The Labute approximate surface area is 126 Å². The zero-order chi connectivity index (χ0) is 15.5. The van der Waals surface area contributed by atoms with Gasteiger partial charge in [-0.3, -0.25) is 0 Å². The predicted molar refractivity (Wildman–Crippen MR) is 85.5 cm³/mol. The lowest BCUT2D eigenvalue weighted by Crippen LogP contribution is -2.49. The van der Waals surface area contributed by atoms with E-state index < -0.39 is 5.60 Å². The fourth-order valence-electron chi connectivity index (χ4n) is 2.56. The van der Waals surface area contributed by atoms with Crippen LogP contribution in [0.2, 0.25) is 0 Å². The fourth-order valence-corrected chi connectivity index (χ4v) is 2.56. The number of hydrogen-bond acceptors (Lipinski definition) is 4. The third kappa shape index (κ3) is 4.55. The molecular weight excluding hydrogens is 266 g/mol. The van der Waals surface area contributed by atoms with Crippen LogP contribution in [0.25, 0.3) is 0 Å². The Kier molecular flexibility index (Phi) is 4.60. The minimum Gasteiger partial charge on any atom is -0.444 e. The summed E-state index contributed by atoms with van der Waals surface area (Å²) < 4.78 is 5.31. The summed E-state index contributed by atoms with van der Waals surface area (Å²) in [7, 11) is 0. The molecule has 21 heavy (non-hydrogen) atoms. The zero-order valence-electron chi connectivity index (χ0n) is 13.1. The first-order chi connectivity index (χ1) is 9.85. The fraction of sp³-hybridized carbons (Fsp3) is 0.562. The van der Waals surface area contributed by atoms with Gasteiger partial charge >= 0.3 is 6.09 Å².